The molecular formula is C19H26ClN5O. The Morgan fingerprint density at radius 2 is 1.96 bits per heavy atom. The Labute approximate surface area is 158 Å². The van der Waals surface area contributed by atoms with Gasteiger partial charge >= 0.3 is 0 Å². The molecule has 140 valence electrons. The van der Waals surface area contributed by atoms with Crippen LogP contribution >= 0.6 is 11.6 Å². The molecule has 6 nitrogen and oxygen atoms in total. The number of aromatic nitrogens is 4. The van der Waals surface area contributed by atoms with Crippen molar-refractivity contribution in [2.24, 2.45) is 17.8 Å². The van der Waals surface area contributed by atoms with E-state index in [2.05, 4.69) is 24.8 Å². The van der Waals surface area contributed by atoms with Crippen molar-refractivity contribution in [2.75, 3.05) is 11.9 Å². The van der Waals surface area contributed by atoms with E-state index in [0.717, 1.165) is 29.8 Å². The summed E-state index contributed by atoms with van der Waals surface area (Å²) >= 11 is 6.49. The number of imidazole rings is 1. The third-order valence-corrected chi connectivity index (χ3v) is 7.44. The lowest BCUT2D eigenvalue weighted by atomic mass is 9.94. The highest BCUT2D eigenvalue weighted by molar-refractivity contribution is 6.21. The fraction of sp³-hybridized carbons (Fsp3) is 0.737. The van der Waals surface area contributed by atoms with Crippen molar-refractivity contribution in [2.45, 2.75) is 62.4 Å². The fourth-order valence-corrected chi connectivity index (χ4v) is 6.14. The number of aliphatic hydroxyl groups excluding tert-OH is 1. The van der Waals surface area contributed by atoms with Gasteiger partial charge in [0, 0.05) is 24.1 Å². The second kappa shape index (κ2) is 6.64. The van der Waals surface area contributed by atoms with Crippen LogP contribution in [0, 0.1) is 17.8 Å². The summed E-state index contributed by atoms with van der Waals surface area (Å²) in [5, 5.41) is 13.6. The smallest absolute Gasteiger partial charge is 0.165 e. The SMILES string of the molecule is OC[C@H]1[C@@H]2C[C@H](n3cnc4c(NC5CCCCC5)ncnc43)[C@H]1C[C@@H]2Cl. The Balaban J connectivity index is 1.44. The van der Waals surface area contributed by atoms with Crippen molar-refractivity contribution in [3.05, 3.63) is 12.7 Å². The third-order valence-electron chi connectivity index (χ3n) is 6.94. The molecule has 2 N–H and O–H groups in total. The Morgan fingerprint density at radius 1 is 1.12 bits per heavy atom. The quantitative estimate of drug-likeness (QED) is 0.801. The van der Waals surface area contributed by atoms with Crippen molar-refractivity contribution in [1.29, 1.82) is 0 Å². The van der Waals surface area contributed by atoms with E-state index in [0.29, 0.717) is 29.8 Å². The number of aliphatic hydroxyl groups is 1. The molecule has 0 radical (unpaired) electrons. The number of anilines is 1. The van der Waals surface area contributed by atoms with Gasteiger partial charge in [-0.15, -0.1) is 11.6 Å². The van der Waals surface area contributed by atoms with Crippen LogP contribution < -0.4 is 5.32 Å². The number of nitrogens with zero attached hydrogens (tertiary/aromatic N) is 4. The highest BCUT2D eigenvalue weighted by Gasteiger charge is 2.53. The topological polar surface area (TPSA) is 75.9 Å². The standard InChI is InChI=1S/C19H26ClN5O/c20-15-6-13-14(8-26)12(15)7-16(13)25-10-23-17-18(21-9-22-19(17)25)24-11-4-2-1-3-5-11/h9-16,26H,1-8H2,(H,21,22,24)/t12-,13-,14-,15-,16-/m0/s1. The van der Waals surface area contributed by atoms with E-state index in [4.69, 9.17) is 11.6 Å². The number of alkyl halides is 1. The van der Waals surface area contributed by atoms with Crippen LogP contribution in [0.25, 0.3) is 11.2 Å². The minimum absolute atomic E-state index is 0.196. The zero-order valence-corrected chi connectivity index (χ0v) is 15.6. The molecule has 26 heavy (non-hydrogen) atoms. The molecule has 5 atom stereocenters. The summed E-state index contributed by atoms with van der Waals surface area (Å²) < 4.78 is 2.21. The first-order chi connectivity index (χ1) is 12.8. The summed E-state index contributed by atoms with van der Waals surface area (Å²) in [6.45, 7) is 0.227. The van der Waals surface area contributed by atoms with Crippen LogP contribution in [0.1, 0.15) is 51.0 Å². The van der Waals surface area contributed by atoms with Gasteiger partial charge in [-0.2, -0.15) is 0 Å². The molecule has 7 heteroatoms. The number of rotatable bonds is 4. The molecule has 0 spiro atoms. The van der Waals surface area contributed by atoms with E-state index in [9.17, 15) is 5.11 Å². The Bertz CT molecular complexity index is 789. The van der Waals surface area contributed by atoms with Gasteiger partial charge < -0.3 is 15.0 Å². The van der Waals surface area contributed by atoms with E-state index >= 15 is 0 Å². The van der Waals surface area contributed by atoms with Crippen LogP contribution in [0.4, 0.5) is 5.82 Å². The van der Waals surface area contributed by atoms with E-state index in [1.807, 2.05) is 6.33 Å². The molecule has 2 aromatic heterocycles. The Kier molecular flexibility index (Phi) is 4.28. The van der Waals surface area contributed by atoms with Gasteiger partial charge in [-0.1, -0.05) is 19.3 Å². The largest absolute Gasteiger partial charge is 0.396 e. The van der Waals surface area contributed by atoms with Crippen molar-refractivity contribution in [3.63, 3.8) is 0 Å². The molecule has 3 saturated carbocycles. The number of hydrogen-bond acceptors (Lipinski definition) is 5. The van der Waals surface area contributed by atoms with Crippen LogP contribution in [0.3, 0.4) is 0 Å². The molecule has 3 aliphatic carbocycles. The fourth-order valence-electron chi connectivity index (χ4n) is 5.65. The van der Waals surface area contributed by atoms with E-state index < -0.39 is 0 Å². The molecule has 3 fully saturated rings. The lowest BCUT2D eigenvalue weighted by molar-refractivity contribution is 0.185. The predicted octanol–water partition coefficient (Wildman–Crippen LogP) is 3.37. The molecule has 0 unspecified atom stereocenters. The average Bonchev–Trinajstić information content (AvgIpc) is 3.32. The van der Waals surface area contributed by atoms with Gasteiger partial charge in [-0.05, 0) is 43.4 Å². The van der Waals surface area contributed by atoms with Crippen LogP contribution in [-0.2, 0) is 0 Å². The van der Waals surface area contributed by atoms with Gasteiger partial charge in [0.2, 0.25) is 0 Å². The number of hydrogen-bond donors (Lipinski definition) is 2. The van der Waals surface area contributed by atoms with Gasteiger partial charge in [-0.25, -0.2) is 15.0 Å². The highest BCUT2D eigenvalue weighted by atomic mass is 35.5. The van der Waals surface area contributed by atoms with E-state index in [-0.39, 0.29) is 12.0 Å². The summed E-state index contributed by atoms with van der Waals surface area (Å²) in [7, 11) is 0. The van der Waals surface area contributed by atoms with E-state index in [1.165, 1.54) is 32.1 Å². The minimum Gasteiger partial charge on any atom is -0.396 e. The average molecular weight is 376 g/mol. The monoisotopic (exact) mass is 375 g/mol. The maximum absolute atomic E-state index is 9.80. The molecule has 3 aliphatic rings. The van der Waals surface area contributed by atoms with Gasteiger partial charge in [0.1, 0.15) is 11.8 Å². The van der Waals surface area contributed by atoms with Gasteiger partial charge in [-0.3, -0.25) is 0 Å². The van der Waals surface area contributed by atoms with E-state index in [1.54, 1.807) is 6.33 Å². The first-order valence-corrected chi connectivity index (χ1v) is 10.4. The second-order valence-electron chi connectivity index (χ2n) is 8.25. The lowest BCUT2D eigenvalue weighted by Gasteiger charge is -2.26. The first-order valence-electron chi connectivity index (χ1n) is 9.95. The molecular weight excluding hydrogens is 350 g/mol. The van der Waals surface area contributed by atoms with Gasteiger partial charge in [0.05, 0.1) is 6.33 Å². The number of fused-ring (bicyclic) bond motifs is 3. The second-order valence-corrected chi connectivity index (χ2v) is 8.82. The normalized spacial score (nSPS) is 34.6. The van der Waals surface area contributed by atoms with Crippen LogP contribution in [0.5, 0.6) is 0 Å². The Morgan fingerprint density at radius 3 is 2.73 bits per heavy atom. The first kappa shape index (κ1) is 16.8. The maximum atomic E-state index is 9.80. The van der Waals surface area contributed by atoms with Crippen molar-refractivity contribution in [1.82, 2.24) is 19.5 Å². The Hall–Kier alpha value is -1.40. The molecule has 5 rings (SSSR count). The predicted molar refractivity (Wildman–Crippen MR) is 101 cm³/mol. The van der Waals surface area contributed by atoms with Crippen molar-refractivity contribution in [3.8, 4) is 0 Å². The zero-order chi connectivity index (χ0) is 17.7. The highest BCUT2D eigenvalue weighted by Crippen LogP contribution is 2.56. The summed E-state index contributed by atoms with van der Waals surface area (Å²) in [6.07, 6.45) is 11.8. The maximum Gasteiger partial charge on any atom is 0.165 e. The van der Waals surface area contributed by atoms with Crippen LogP contribution in [0.15, 0.2) is 12.7 Å². The molecule has 0 aliphatic heterocycles. The number of nitrogens with one attached hydrogen (secondary N) is 1. The summed E-state index contributed by atoms with van der Waals surface area (Å²) in [5.74, 6) is 1.98. The summed E-state index contributed by atoms with van der Waals surface area (Å²) in [5.41, 5.74) is 1.77. The zero-order valence-electron chi connectivity index (χ0n) is 14.9. The van der Waals surface area contributed by atoms with Crippen LogP contribution in [0.2, 0.25) is 0 Å². The van der Waals surface area contributed by atoms with Crippen LogP contribution in [-0.4, -0.2) is 42.7 Å². The minimum atomic E-state index is 0.196. The lowest BCUT2D eigenvalue weighted by Crippen LogP contribution is -2.23. The van der Waals surface area contributed by atoms with Crippen molar-refractivity contribution >= 4 is 28.6 Å². The van der Waals surface area contributed by atoms with Gasteiger partial charge in [0.15, 0.2) is 11.5 Å². The van der Waals surface area contributed by atoms with Crippen molar-refractivity contribution < 1.29 is 5.11 Å². The summed E-state index contributed by atoms with van der Waals surface area (Å²) in [4.78, 5) is 13.7. The third kappa shape index (κ3) is 2.61. The molecule has 0 amide bonds. The molecule has 2 bridgehead atoms. The van der Waals surface area contributed by atoms with Gasteiger partial charge in [0.25, 0.3) is 0 Å². The molecule has 2 aromatic rings. The summed E-state index contributed by atoms with van der Waals surface area (Å²) in [6, 6.07) is 0.819. The molecule has 0 saturated heterocycles. The molecule has 2 heterocycles. The number of halogens is 1. The molecule has 0 aromatic carbocycles.